The predicted molar refractivity (Wildman–Crippen MR) is 190 cm³/mol. The van der Waals surface area contributed by atoms with Gasteiger partial charge in [-0.25, -0.2) is 23.3 Å². The van der Waals surface area contributed by atoms with E-state index in [2.05, 4.69) is 36.3 Å². The molecule has 3 fully saturated rings. The van der Waals surface area contributed by atoms with E-state index in [0.29, 0.717) is 54.4 Å². The summed E-state index contributed by atoms with van der Waals surface area (Å²) < 4.78 is 47.8. The van der Waals surface area contributed by atoms with Crippen molar-refractivity contribution in [3.8, 4) is 11.8 Å². The number of imide groups is 1. The van der Waals surface area contributed by atoms with E-state index in [-0.39, 0.29) is 42.1 Å². The molecular weight excluding hydrogens is 709 g/mol. The van der Waals surface area contributed by atoms with Crippen LogP contribution in [0.5, 0.6) is 5.75 Å². The molecule has 4 aromatic rings. The average Bonchev–Trinajstić information content (AvgIpc) is 3.41. The van der Waals surface area contributed by atoms with Crippen LogP contribution in [-0.2, 0) is 34.2 Å². The van der Waals surface area contributed by atoms with Crippen molar-refractivity contribution in [2.24, 2.45) is 7.05 Å². The summed E-state index contributed by atoms with van der Waals surface area (Å²) in [5.41, 5.74) is 3.59. The molecule has 2 N–H and O–H groups in total. The van der Waals surface area contributed by atoms with Crippen molar-refractivity contribution in [1.82, 2.24) is 33.6 Å². The van der Waals surface area contributed by atoms with Gasteiger partial charge in [-0.05, 0) is 86.5 Å². The number of halogens is 2. The highest BCUT2D eigenvalue weighted by Crippen LogP contribution is 2.35. The zero-order chi connectivity index (χ0) is 37.2. The molecule has 2 amide bonds. The number of aryl methyl sites for hydroxylation is 1. The van der Waals surface area contributed by atoms with E-state index in [1.807, 2.05) is 28.6 Å². The lowest BCUT2D eigenvalue weighted by Gasteiger charge is -2.33. The van der Waals surface area contributed by atoms with E-state index in [1.54, 1.807) is 23.7 Å². The first-order chi connectivity index (χ1) is 25.6. The van der Waals surface area contributed by atoms with Gasteiger partial charge in [0.1, 0.15) is 17.0 Å². The van der Waals surface area contributed by atoms with Gasteiger partial charge < -0.3 is 10.1 Å². The third-order valence-electron chi connectivity index (χ3n) is 10.4. The number of nitrogens with zero attached hydrogens (tertiary/aromatic N) is 7. The minimum Gasteiger partial charge on any atom is -0.432 e. The van der Waals surface area contributed by atoms with E-state index >= 15 is 0 Å². The van der Waals surface area contributed by atoms with Crippen molar-refractivity contribution in [2.75, 3.05) is 31.5 Å². The van der Waals surface area contributed by atoms with Gasteiger partial charge in [-0.15, -0.1) is 0 Å². The summed E-state index contributed by atoms with van der Waals surface area (Å²) in [5, 5.41) is 15.5. The first-order valence-corrected chi connectivity index (χ1v) is 18.7. The van der Waals surface area contributed by atoms with Crippen LogP contribution in [0.1, 0.15) is 67.2 Å². The number of fused-ring (bicyclic) bond motifs is 1. The van der Waals surface area contributed by atoms with Crippen LogP contribution in [0.15, 0.2) is 58.5 Å². The number of nitriles is 1. The standard InChI is InChI=1S/C36H39F2N9O5S/c1-44-32-28(3-2-4-29(32)47(36(44)50)30-7-8-31(48)43-33(30)49)22-9-13-45(14-10-22)21-24-17-27(6-5-23(24)18-39)53(51)46-15-11-25(12-16-46)42-35-40-19-26(20-41-35)52-34(37)38/h2-6,17,19-20,22,25,30,34H,7-16,21H2,1H3,(H,40,41,42)(H,43,48,49). The second-order valence-electron chi connectivity index (χ2n) is 13.6. The van der Waals surface area contributed by atoms with Crippen molar-refractivity contribution in [2.45, 2.75) is 74.6 Å². The van der Waals surface area contributed by atoms with Crippen LogP contribution < -0.4 is 21.1 Å². The molecule has 0 spiro atoms. The Balaban J connectivity index is 0.976. The minimum atomic E-state index is -2.95. The van der Waals surface area contributed by atoms with Crippen molar-refractivity contribution < 1.29 is 27.3 Å². The first kappa shape index (κ1) is 36.3. The molecule has 14 nitrogen and oxygen atoms in total. The fraction of sp³-hybridized carbons (Fsp3) is 0.444. The van der Waals surface area contributed by atoms with Crippen molar-refractivity contribution in [1.29, 1.82) is 5.26 Å². The number of likely N-dealkylation sites (tertiary alicyclic amines) is 1. The number of hydrogen-bond acceptors (Lipinski definition) is 10. The Labute approximate surface area is 306 Å². The fourth-order valence-electron chi connectivity index (χ4n) is 7.64. The minimum absolute atomic E-state index is 0.0201. The number of amides is 2. The lowest BCUT2D eigenvalue weighted by molar-refractivity contribution is -0.135. The largest absolute Gasteiger partial charge is 0.432 e. The Bertz CT molecular complexity index is 2140. The van der Waals surface area contributed by atoms with E-state index < -0.39 is 29.5 Å². The quantitative estimate of drug-likeness (QED) is 0.229. The summed E-state index contributed by atoms with van der Waals surface area (Å²) in [6.45, 7) is 0.197. The third-order valence-corrected chi connectivity index (χ3v) is 11.8. The molecule has 2 aromatic carbocycles. The van der Waals surface area contributed by atoms with Gasteiger partial charge >= 0.3 is 12.3 Å². The number of carbonyl (C=O) groups is 2. The monoisotopic (exact) mass is 747 g/mol. The van der Waals surface area contributed by atoms with Gasteiger partial charge in [0, 0.05) is 39.1 Å². The molecule has 278 valence electrons. The molecular formula is C36H39F2N9O5S. The van der Waals surface area contributed by atoms with Crippen LogP contribution in [0, 0.1) is 11.3 Å². The number of piperidine rings is 3. The van der Waals surface area contributed by atoms with Gasteiger partial charge in [0.2, 0.25) is 17.8 Å². The number of alkyl halides is 2. The van der Waals surface area contributed by atoms with Gasteiger partial charge in [-0.1, -0.05) is 12.1 Å². The second-order valence-corrected chi connectivity index (χ2v) is 15.1. The topological polar surface area (TPSA) is 167 Å². The number of carbonyl (C=O) groups excluding carboxylic acids is 2. The van der Waals surface area contributed by atoms with Crippen LogP contribution in [0.2, 0.25) is 0 Å². The third kappa shape index (κ3) is 7.71. The molecule has 2 atom stereocenters. The lowest BCUT2D eigenvalue weighted by Crippen LogP contribution is -2.44. The summed E-state index contributed by atoms with van der Waals surface area (Å²) in [5.74, 6) is -0.427. The first-order valence-electron chi connectivity index (χ1n) is 17.6. The molecule has 5 heterocycles. The van der Waals surface area contributed by atoms with Crippen molar-refractivity contribution >= 4 is 39.8 Å². The Morgan fingerprint density at radius 2 is 1.77 bits per heavy atom. The molecule has 0 bridgehead atoms. The summed E-state index contributed by atoms with van der Waals surface area (Å²) in [7, 11) is 0.288. The number of aromatic nitrogens is 4. The molecule has 0 saturated carbocycles. The molecule has 3 aliphatic heterocycles. The maximum Gasteiger partial charge on any atom is 0.387 e. The summed E-state index contributed by atoms with van der Waals surface area (Å²) in [6.07, 6.45) is 5.83. The molecule has 3 aliphatic rings. The summed E-state index contributed by atoms with van der Waals surface area (Å²) in [6, 6.07) is 12.7. The van der Waals surface area contributed by atoms with Gasteiger partial charge in [0.05, 0.1) is 40.0 Å². The molecule has 7 rings (SSSR count). The molecule has 53 heavy (non-hydrogen) atoms. The number of hydrogen-bond donors (Lipinski definition) is 2. The van der Waals surface area contributed by atoms with E-state index in [4.69, 9.17) is 0 Å². The number of rotatable bonds is 10. The normalized spacial score (nSPS) is 20.0. The molecule has 0 radical (unpaired) electrons. The lowest BCUT2D eigenvalue weighted by atomic mass is 9.88. The summed E-state index contributed by atoms with van der Waals surface area (Å²) in [4.78, 5) is 48.9. The van der Waals surface area contributed by atoms with Crippen LogP contribution >= 0.6 is 0 Å². The Morgan fingerprint density at radius 3 is 2.45 bits per heavy atom. The molecule has 17 heteroatoms. The maximum atomic E-state index is 13.7. The van der Waals surface area contributed by atoms with E-state index in [0.717, 1.165) is 42.6 Å². The maximum absolute atomic E-state index is 13.7. The van der Waals surface area contributed by atoms with Crippen LogP contribution in [0.3, 0.4) is 0 Å². The molecule has 2 aromatic heterocycles. The number of para-hydroxylation sites is 1. The highest BCUT2D eigenvalue weighted by Gasteiger charge is 2.33. The number of benzene rings is 2. The predicted octanol–water partition coefficient (Wildman–Crippen LogP) is 3.56. The average molecular weight is 748 g/mol. The zero-order valence-corrected chi connectivity index (χ0v) is 29.9. The Hall–Kier alpha value is -5.05. The fourth-order valence-corrected chi connectivity index (χ4v) is 8.91. The highest BCUT2D eigenvalue weighted by molar-refractivity contribution is 7.82. The van der Waals surface area contributed by atoms with Crippen LogP contribution in [-0.4, -0.2) is 83.2 Å². The van der Waals surface area contributed by atoms with Gasteiger partial charge in [0.25, 0.3) is 0 Å². The number of nitrogens with one attached hydrogen (secondary N) is 2. The number of imidazole rings is 1. The molecule has 0 aliphatic carbocycles. The van der Waals surface area contributed by atoms with E-state index in [1.165, 1.54) is 17.0 Å². The van der Waals surface area contributed by atoms with Gasteiger partial charge in [-0.3, -0.25) is 28.9 Å². The van der Waals surface area contributed by atoms with Crippen LogP contribution in [0.4, 0.5) is 14.7 Å². The van der Waals surface area contributed by atoms with Gasteiger partial charge in [0.15, 0.2) is 5.75 Å². The molecule has 3 saturated heterocycles. The zero-order valence-electron chi connectivity index (χ0n) is 29.0. The Morgan fingerprint density at radius 1 is 1.04 bits per heavy atom. The SMILES string of the molecule is Cn1c(=O)n(C2CCC(=O)NC2=O)c2cccc(C3CCN(Cc4cc(S(=O)N5CCC(Nc6ncc(OC(F)F)cn6)CC5)ccc4C#N)CC3)c21. The van der Waals surface area contributed by atoms with Crippen molar-refractivity contribution in [3.63, 3.8) is 0 Å². The number of ether oxygens (including phenoxy) is 1. The second kappa shape index (κ2) is 15.5. The van der Waals surface area contributed by atoms with Crippen molar-refractivity contribution in [3.05, 3.63) is 76.0 Å². The highest BCUT2D eigenvalue weighted by atomic mass is 32.2. The van der Waals surface area contributed by atoms with E-state index in [9.17, 15) is 32.6 Å². The molecule has 2 unspecified atom stereocenters. The van der Waals surface area contributed by atoms with Gasteiger partial charge in [-0.2, -0.15) is 14.0 Å². The Kier molecular flexibility index (Phi) is 10.6. The van der Waals surface area contributed by atoms with Crippen LogP contribution in [0.25, 0.3) is 11.0 Å². The summed E-state index contributed by atoms with van der Waals surface area (Å²) >= 11 is 0. The number of anilines is 1. The smallest absolute Gasteiger partial charge is 0.387 e.